The van der Waals surface area contributed by atoms with E-state index in [4.69, 9.17) is 4.74 Å². The normalized spacial score (nSPS) is 18.5. The maximum atomic E-state index is 12.9. The lowest BCUT2D eigenvalue weighted by Gasteiger charge is -2.24. The number of carbonyl (C=O) groups is 1. The van der Waals surface area contributed by atoms with Crippen molar-refractivity contribution in [3.63, 3.8) is 0 Å². The highest BCUT2D eigenvalue weighted by Gasteiger charge is 2.33. The summed E-state index contributed by atoms with van der Waals surface area (Å²) in [6.07, 6.45) is -3.56. The van der Waals surface area contributed by atoms with Crippen LogP contribution in [-0.4, -0.2) is 34.3 Å². The smallest absolute Gasteiger partial charge is 0.417 e. The molecule has 1 fully saturated rings. The number of halogens is 4. The molecule has 1 aromatic heterocycles. The topological polar surface area (TPSA) is 51.5 Å². The van der Waals surface area contributed by atoms with Gasteiger partial charge in [-0.05, 0) is 55.1 Å². The van der Waals surface area contributed by atoms with Crippen molar-refractivity contribution in [3.8, 4) is 0 Å². The zero-order valence-corrected chi connectivity index (χ0v) is 15.8. The summed E-state index contributed by atoms with van der Waals surface area (Å²) >= 11 is 2.89. The lowest BCUT2D eigenvalue weighted by atomic mass is 10.1. The molecule has 1 unspecified atom stereocenters. The average Bonchev–Trinajstić information content (AvgIpc) is 2.89. The number of hydrogen-bond acceptors (Lipinski definition) is 3. The van der Waals surface area contributed by atoms with Crippen LogP contribution in [0.25, 0.3) is 0 Å². The fourth-order valence-electron chi connectivity index (χ4n) is 2.64. The minimum Gasteiger partial charge on any atom is -0.444 e. The fourth-order valence-corrected chi connectivity index (χ4v) is 3.12. The van der Waals surface area contributed by atoms with Crippen molar-refractivity contribution in [2.45, 2.75) is 45.5 Å². The minimum atomic E-state index is -4.53. The number of nitrogens with zero attached hydrogens (tertiary/aromatic N) is 2. The van der Waals surface area contributed by atoms with E-state index in [2.05, 4.69) is 15.9 Å². The molecule has 9 heteroatoms. The van der Waals surface area contributed by atoms with Crippen molar-refractivity contribution in [3.05, 3.63) is 32.7 Å². The number of likely N-dealkylation sites (tertiary alicyclic amines) is 1. The summed E-state index contributed by atoms with van der Waals surface area (Å²) in [7, 11) is 0. The summed E-state index contributed by atoms with van der Waals surface area (Å²) in [5.41, 5.74) is -2.03. The Morgan fingerprint density at radius 2 is 2.00 bits per heavy atom. The third kappa shape index (κ3) is 5.23. The highest BCUT2D eigenvalue weighted by atomic mass is 79.9. The molecule has 0 saturated carbocycles. The van der Waals surface area contributed by atoms with Gasteiger partial charge in [0.05, 0.1) is 10.0 Å². The highest BCUT2D eigenvalue weighted by Crippen LogP contribution is 2.30. The molecule has 2 heterocycles. The first-order valence-corrected chi connectivity index (χ1v) is 8.61. The minimum absolute atomic E-state index is 0.111. The zero-order valence-electron chi connectivity index (χ0n) is 14.2. The molecule has 140 valence electrons. The Morgan fingerprint density at radius 3 is 2.56 bits per heavy atom. The zero-order chi connectivity index (χ0) is 19.0. The van der Waals surface area contributed by atoms with E-state index in [9.17, 15) is 22.8 Å². The van der Waals surface area contributed by atoms with Crippen LogP contribution >= 0.6 is 15.9 Å². The third-order valence-corrected chi connectivity index (χ3v) is 4.33. The molecule has 25 heavy (non-hydrogen) atoms. The second-order valence-electron chi connectivity index (χ2n) is 7.11. The SMILES string of the molecule is CC(C)(C)OC(=O)N1CCC(Cn2cc(C(F)(F)F)cc(Br)c2=O)C1. The van der Waals surface area contributed by atoms with E-state index in [-0.39, 0.29) is 16.9 Å². The van der Waals surface area contributed by atoms with Crippen LogP contribution in [0.3, 0.4) is 0 Å². The first-order chi connectivity index (χ1) is 11.4. The van der Waals surface area contributed by atoms with Crippen LogP contribution in [0, 0.1) is 5.92 Å². The standard InChI is InChI=1S/C16H20BrF3N2O3/c1-15(2,3)25-14(24)21-5-4-10(7-21)8-22-9-11(16(18,19)20)6-12(17)13(22)23/h6,9-10H,4-5,7-8H2,1-3H3. The average molecular weight is 425 g/mol. The highest BCUT2D eigenvalue weighted by molar-refractivity contribution is 9.10. The van der Waals surface area contributed by atoms with Gasteiger partial charge in [-0.1, -0.05) is 0 Å². The van der Waals surface area contributed by atoms with Gasteiger partial charge in [-0.3, -0.25) is 4.79 Å². The predicted octanol–water partition coefficient (Wildman–Crippen LogP) is 3.89. The van der Waals surface area contributed by atoms with E-state index in [1.165, 1.54) is 4.90 Å². The molecule has 0 radical (unpaired) electrons. The van der Waals surface area contributed by atoms with Crippen LogP contribution in [0.15, 0.2) is 21.5 Å². The van der Waals surface area contributed by atoms with Crippen molar-refractivity contribution in [1.82, 2.24) is 9.47 Å². The molecule has 1 amide bonds. The predicted molar refractivity (Wildman–Crippen MR) is 89.3 cm³/mol. The summed E-state index contributed by atoms with van der Waals surface area (Å²) in [6, 6.07) is 0.778. The number of pyridine rings is 1. The molecule has 1 aromatic rings. The molecule has 5 nitrogen and oxygen atoms in total. The molecular weight excluding hydrogens is 405 g/mol. The molecule has 0 N–H and O–H groups in total. The van der Waals surface area contributed by atoms with Gasteiger partial charge in [0, 0.05) is 25.8 Å². The summed E-state index contributed by atoms with van der Waals surface area (Å²) in [4.78, 5) is 25.6. The molecule has 0 bridgehead atoms. The molecular formula is C16H20BrF3N2O3. The lowest BCUT2D eigenvalue weighted by Crippen LogP contribution is -2.36. The summed E-state index contributed by atoms with van der Waals surface area (Å²) in [5.74, 6) is -0.111. The Balaban J connectivity index is 2.10. The largest absolute Gasteiger partial charge is 0.444 e. The molecule has 2 rings (SSSR count). The molecule has 1 aliphatic rings. The van der Waals surface area contributed by atoms with E-state index in [0.29, 0.717) is 19.5 Å². The van der Waals surface area contributed by atoms with E-state index in [1.807, 2.05) is 0 Å². The first-order valence-electron chi connectivity index (χ1n) is 7.82. The van der Waals surface area contributed by atoms with Crippen LogP contribution in [-0.2, 0) is 17.5 Å². The van der Waals surface area contributed by atoms with Crippen molar-refractivity contribution in [2.24, 2.45) is 5.92 Å². The summed E-state index contributed by atoms with van der Waals surface area (Å²) in [6.45, 7) is 6.19. The Labute approximate surface area is 151 Å². The summed E-state index contributed by atoms with van der Waals surface area (Å²) in [5, 5.41) is 0. The lowest BCUT2D eigenvalue weighted by molar-refractivity contribution is -0.138. The van der Waals surface area contributed by atoms with Gasteiger partial charge in [0.15, 0.2) is 0 Å². The van der Waals surface area contributed by atoms with Crippen LogP contribution in [0.1, 0.15) is 32.8 Å². The Bertz CT molecular complexity index is 710. The van der Waals surface area contributed by atoms with E-state index in [0.717, 1.165) is 16.8 Å². The van der Waals surface area contributed by atoms with Crippen LogP contribution < -0.4 is 5.56 Å². The van der Waals surface area contributed by atoms with Crippen LogP contribution in [0.4, 0.5) is 18.0 Å². The quantitative estimate of drug-likeness (QED) is 0.723. The Hall–Kier alpha value is -1.51. The molecule has 0 spiro atoms. The number of aromatic nitrogens is 1. The monoisotopic (exact) mass is 424 g/mol. The van der Waals surface area contributed by atoms with Gasteiger partial charge in [0.2, 0.25) is 0 Å². The number of ether oxygens (including phenoxy) is 1. The molecule has 1 aliphatic heterocycles. The van der Waals surface area contributed by atoms with Crippen molar-refractivity contribution in [2.75, 3.05) is 13.1 Å². The van der Waals surface area contributed by atoms with Crippen molar-refractivity contribution < 1.29 is 22.7 Å². The van der Waals surface area contributed by atoms with Crippen LogP contribution in [0.2, 0.25) is 0 Å². The number of carbonyl (C=O) groups excluding carboxylic acids is 1. The van der Waals surface area contributed by atoms with Gasteiger partial charge in [-0.15, -0.1) is 0 Å². The number of amides is 1. The number of alkyl halides is 3. The number of hydrogen-bond donors (Lipinski definition) is 0. The Kier molecular flexibility index (Phi) is 5.56. The van der Waals surface area contributed by atoms with Gasteiger partial charge in [0.1, 0.15) is 5.60 Å². The van der Waals surface area contributed by atoms with Crippen molar-refractivity contribution in [1.29, 1.82) is 0 Å². The van der Waals surface area contributed by atoms with Gasteiger partial charge in [-0.25, -0.2) is 4.79 Å². The van der Waals surface area contributed by atoms with E-state index < -0.39 is 29.0 Å². The van der Waals surface area contributed by atoms with Crippen LogP contribution in [0.5, 0.6) is 0 Å². The second kappa shape index (κ2) is 7.01. The molecule has 0 aromatic carbocycles. The maximum absolute atomic E-state index is 12.9. The molecule has 1 saturated heterocycles. The van der Waals surface area contributed by atoms with Crippen molar-refractivity contribution >= 4 is 22.0 Å². The van der Waals surface area contributed by atoms with Gasteiger partial charge in [0.25, 0.3) is 5.56 Å². The first kappa shape index (κ1) is 19.8. The molecule has 1 atom stereocenters. The number of rotatable bonds is 2. The van der Waals surface area contributed by atoms with Gasteiger partial charge in [-0.2, -0.15) is 13.2 Å². The second-order valence-corrected chi connectivity index (χ2v) is 7.97. The van der Waals surface area contributed by atoms with E-state index >= 15 is 0 Å². The fraction of sp³-hybridized carbons (Fsp3) is 0.625. The Morgan fingerprint density at radius 1 is 1.36 bits per heavy atom. The van der Waals surface area contributed by atoms with E-state index in [1.54, 1.807) is 20.8 Å². The summed E-state index contributed by atoms with van der Waals surface area (Å²) < 4.78 is 44.9. The molecule has 0 aliphatic carbocycles. The third-order valence-electron chi connectivity index (χ3n) is 3.76. The maximum Gasteiger partial charge on any atom is 0.417 e. The van der Waals surface area contributed by atoms with Gasteiger partial charge >= 0.3 is 12.3 Å². The van der Waals surface area contributed by atoms with Gasteiger partial charge < -0.3 is 14.2 Å².